The number of carbonyl (C=O) groups excluding carboxylic acids is 14. The van der Waals surface area contributed by atoms with Gasteiger partial charge in [0, 0.05) is 46.8 Å². The molecule has 15 N–H and O–H groups in total. The first kappa shape index (κ1) is 74.1. The topological polar surface area (TPSA) is 479 Å². The van der Waals surface area contributed by atoms with Gasteiger partial charge in [0.05, 0.1) is 26.3 Å². The summed E-state index contributed by atoms with van der Waals surface area (Å²) in [5.74, 6) is -14.8. The van der Waals surface area contributed by atoms with E-state index in [2.05, 4.69) is 60.1 Å². The van der Waals surface area contributed by atoms with Gasteiger partial charge in [-0.3, -0.25) is 82.7 Å². The van der Waals surface area contributed by atoms with Crippen molar-refractivity contribution >= 4 is 82.8 Å². The molecule has 474 valence electrons. The lowest BCUT2D eigenvalue weighted by atomic mass is 10.0. The van der Waals surface area contributed by atoms with Gasteiger partial charge in [-0.15, -0.1) is 0 Å². The molecule has 33 heteroatoms. The highest BCUT2D eigenvalue weighted by Gasteiger charge is 2.34. The molecule has 3 unspecified atom stereocenters. The number of ether oxygens (including phenoxy) is 1. The number of cyclic esters (lactones) is 1. The predicted molar refractivity (Wildman–Crippen MR) is 290 cm³/mol. The molecule has 84 heavy (non-hydrogen) atoms. The van der Waals surface area contributed by atoms with Crippen LogP contribution in [0.2, 0.25) is 0 Å². The quantitative estimate of drug-likeness (QED) is 0.0150. The van der Waals surface area contributed by atoms with Crippen molar-refractivity contribution in [1.29, 1.82) is 0 Å². The van der Waals surface area contributed by atoms with Crippen molar-refractivity contribution in [1.82, 2.24) is 68.4 Å². The van der Waals surface area contributed by atoms with Crippen molar-refractivity contribution in [2.45, 2.75) is 161 Å². The molecule has 0 aromatic heterocycles. The van der Waals surface area contributed by atoms with Crippen LogP contribution in [0.25, 0.3) is 0 Å². The number of hydrogen-bond acceptors (Lipinski definition) is 20. The van der Waals surface area contributed by atoms with Gasteiger partial charge in [0.2, 0.25) is 76.8 Å². The third-order valence-corrected chi connectivity index (χ3v) is 12.5. The number of rotatable bonds is 23. The van der Waals surface area contributed by atoms with E-state index in [-0.39, 0.29) is 64.6 Å². The van der Waals surface area contributed by atoms with E-state index in [0.29, 0.717) is 21.6 Å². The van der Waals surface area contributed by atoms with Gasteiger partial charge in [-0.25, -0.2) is 15.2 Å². The zero-order valence-electron chi connectivity index (χ0n) is 48.3. The molecule has 13 amide bonds. The molecule has 1 rings (SSSR count). The standard InChI is InChI=1S/C51H85N13O20/c1-7-8-9-10-11-12-13-20-40(70)56-39-29-84-43(73)26-54-45(74)34(17-14-21-62(81)31(4)67)55-41(71)24-53-47(76)37(27-65)59-48(77)36(19-16-23-64(83)33(6)69)58-49(78)38(28-66)60-51(80)44(30(2)3)61-42(72)25-52-46(75)35(57-50(39)79)18-15-22-63(82)32(5)68/h12-13,30,34-39,44,65-66,81-83H,7-11,14-29H2,1-6H3,(H,52,75)(H,53,76)(H,54,74)(H,55,71)(H,56,70)(H,57,79)(H,58,78)(H,59,77)(H,60,80)(H,61,72)/b13-12-/t34?,35?,36?,37-,38+,39+,44-/m1/s1. The number of hydroxylamine groups is 6. The predicted octanol–water partition coefficient (Wildman–Crippen LogP) is -5.10. The van der Waals surface area contributed by atoms with Crippen molar-refractivity contribution in [3.05, 3.63) is 12.2 Å². The molecule has 33 nitrogen and oxygen atoms in total. The lowest BCUT2D eigenvalue weighted by Gasteiger charge is -2.27. The molecule has 0 radical (unpaired) electrons. The molecule has 1 fully saturated rings. The van der Waals surface area contributed by atoms with E-state index in [0.717, 1.165) is 46.5 Å². The number of hydrogen-bond donors (Lipinski definition) is 15. The summed E-state index contributed by atoms with van der Waals surface area (Å²) in [6.45, 7) is 1.27. The molecule has 1 aliphatic heterocycles. The summed E-state index contributed by atoms with van der Waals surface area (Å²) in [5.41, 5.74) is 0. The second-order valence-corrected chi connectivity index (χ2v) is 19.9. The maximum absolute atomic E-state index is 14.0. The monoisotopic (exact) mass is 1200 g/mol. The zero-order valence-corrected chi connectivity index (χ0v) is 48.3. The highest BCUT2D eigenvalue weighted by molar-refractivity contribution is 5.98. The maximum atomic E-state index is 14.0. The molecule has 1 heterocycles. The molecule has 0 spiro atoms. The Labute approximate surface area is 485 Å². The summed E-state index contributed by atoms with van der Waals surface area (Å²) >= 11 is 0. The summed E-state index contributed by atoms with van der Waals surface area (Å²) in [7, 11) is 0. The first-order chi connectivity index (χ1) is 39.6. The average Bonchev–Trinajstić information content (AvgIpc) is 3.57. The van der Waals surface area contributed by atoms with Gasteiger partial charge in [0.15, 0.2) is 0 Å². The van der Waals surface area contributed by atoms with Crippen molar-refractivity contribution in [2.24, 2.45) is 5.92 Å². The molecule has 0 aliphatic carbocycles. The van der Waals surface area contributed by atoms with Gasteiger partial charge in [-0.05, 0) is 57.3 Å². The van der Waals surface area contributed by atoms with E-state index >= 15 is 0 Å². The molecule has 0 aromatic carbocycles. The van der Waals surface area contributed by atoms with E-state index in [9.17, 15) is 93.0 Å². The lowest BCUT2D eigenvalue weighted by Crippen LogP contribution is -2.60. The van der Waals surface area contributed by atoms with Crippen LogP contribution in [0.3, 0.4) is 0 Å². The summed E-state index contributed by atoms with van der Waals surface area (Å²) < 4.78 is 5.28. The first-order valence-corrected chi connectivity index (χ1v) is 27.5. The Hall–Kier alpha value is -7.88. The minimum Gasteiger partial charge on any atom is -0.462 e. The normalized spacial score (nSPS) is 21.8. The fourth-order valence-corrected chi connectivity index (χ4v) is 7.61. The first-order valence-electron chi connectivity index (χ1n) is 27.5. The minimum atomic E-state index is -1.84. The van der Waals surface area contributed by atoms with Crippen molar-refractivity contribution in [3.63, 3.8) is 0 Å². The smallest absolute Gasteiger partial charge is 0.325 e. The lowest BCUT2D eigenvalue weighted by molar-refractivity contribution is -0.163. The van der Waals surface area contributed by atoms with Gasteiger partial charge in [-0.1, -0.05) is 52.2 Å². The third kappa shape index (κ3) is 29.9. The largest absolute Gasteiger partial charge is 0.462 e. The van der Waals surface area contributed by atoms with Crippen molar-refractivity contribution < 1.29 is 97.7 Å². The van der Waals surface area contributed by atoms with Crippen LogP contribution < -0.4 is 53.2 Å². The Morgan fingerprint density at radius 3 is 1.44 bits per heavy atom. The number of allylic oxidation sites excluding steroid dienone is 1. The number of unbranched alkanes of at least 4 members (excludes halogenated alkanes) is 4. The second-order valence-electron chi connectivity index (χ2n) is 19.9. The Kier molecular flexibility index (Phi) is 35.6. The summed E-state index contributed by atoms with van der Waals surface area (Å²) in [4.78, 5) is 184. The average molecular weight is 1200 g/mol. The van der Waals surface area contributed by atoms with E-state index in [1.165, 1.54) is 13.8 Å². The molecule has 0 saturated carbocycles. The number of esters is 1. The van der Waals surface area contributed by atoms with Gasteiger partial charge < -0.3 is 68.1 Å². The van der Waals surface area contributed by atoms with Gasteiger partial charge in [-0.2, -0.15) is 0 Å². The minimum absolute atomic E-state index is 0.137. The Morgan fingerprint density at radius 1 is 0.536 bits per heavy atom. The van der Waals surface area contributed by atoms with Crippen LogP contribution in [-0.4, -0.2) is 225 Å². The molecule has 7 atom stereocenters. The Balaban J connectivity index is 3.82. The van der Waals surface area contributed by atoms with E-state index in [4.69, 9.17) is 4.74 Å². The van der Waals surface area contributed by atoms with Crippen LogP contribution in [0, 0.1) is 5.92 Å². The highest BCUT2D eigenvalue weighted by Crippen LogP contribution is 2.08. The van der Waals surface area contributed by atoms with Crippen LogP contribution in [0.5, 0.6) is 0 Å². The zero-order chi connectivity index (χ0) is 63.5. The van der Waals surface area contributed by atoms with Crippen molar-refractivity contribution in [3.8, 4) is 0 Å². The number of nitrogens with zero attached hydrogens (tertiary/aromatic N) is 3. The fraction of sp³-hybridized carbons (Fsp3) is 0.686. The van der Waals surface area contributed by atoms with Gasteiger partial charge >= 0.3 is 5.97 Å². The molecule has 0 aromatic rings. The van der Waals surface area contributed by atoms with Gasteiger partial charge in [0.1, 0.15) is 55.4 Å². The van der Waals surface area contributed by atoms with Gasteiger partial charge in [0.25, 0.3) is 0 Å². The van der Waals surface area contributed by atoms with Crippen molar-refractivity contribution in [2.75, 3.05) is 59.1 Å². The summed E-state index contributed by atoms with van der Waals surface area (Å²) in [6.07, 6.45) is 6.09. The van der Waals surface area contributed by atoms with E-state index in [1.807, 2.05) is 0 Å². The van der Waals surface area contributed by atoms with Crippen LogP contribution in [0.4, 0.5) is 0 Å². The number of amides is 13. The van der Waals surface area contributed by atoms with Crippen LogP contribution in [0.15, 0.2) is 12.2 Å². The van der Waals surface area contributed by atoms with E-state index in [1.54, 1.807) is 12.2 Å². The molecular weight excluding hydrogens is 1110 g/mol. The number of aliphatic hydroxyl groups excluding tert-OH is 2. The molecule has 1 aliphatic rings. The molecule has 0 bridgehead atoms. The van der Waals surface area contributed by atoms with Crippen LogP contribution >= 0.6 is 0 Å². The number of aliphatic hydroxyl groups is 2. The Morgan fingerprint density at radius 2 is 0.952 bits per heavy atom. The number of carbonyl (C=O) groups is 14. The maximum Gasteiger partial charge on any atom is 0.325 e. The summed E-state index contributed by atoms with van der Waals surface area (Å²) in [5, 5.41) is 74.2. The SMILES string of the molecule is CCCCCC/C=C\CC(=O)N[C@H]1COC(=O)CNC(=O)C(CCCN(O)C(C)=O)NC(=O)CNC(=O)[C@@H](CO)NC(=O)C(CCCN(O)C(C)=O)NC(=O)[C@H](CO)NC(=O)[C@@H](C(C)C)NC(=O)CNC(=O)C(CCCN(O)C(C)=O)NC1=O. The third-order valence-electron chi connectivity index (χ3n) is 12.5. The van der Waals surface area contributed by atoms with Crippen LogP contribution in [0.1, 0.15) is 119 Å². The number of nitrogens with one attached hydrogen (secondary N) is 10. The van der Waals surface area contributed by atoms with E-state index < -0.39 is 170 Å². The highest BCUT2D eigenvalue weighted by atomic mass is 16.5. The fourth-order valence-electron chi connectivity index (χ4n) is 7.61. The molecule has 1 saturated heterocycles. The van der Waals surface area contributed by atoms with Crippen LogP contribution in [-0.2, 0) is 71.9 Å². The summed E-state index contributed by atoms with van der Waals surface area (Å²) in [6, 6.07) is -11.7. The Bertz CT molecular complexity index is 2290. The second kappa shape index (κ2) is 40.4. The molecular formula is C51H85N13O20.